The molecule has 3 aromatic heterocycles. The third-order valence-electron chi connectivity index (χ3n) is 4.92. The van der Waals surface area contributed by atoms with Crippen LogP contribution in [0.5, 0.6) is 0 Å². The largest absolute Gasteiger partial charge is 0.433 e. The van der Waals surface area contributed by atoms with Gasteiger partial charge in [-0.15, -0.1) is 5.10 Å². The monoisotopic (exact) mass is 419 g/mol. The maximum absolute atomic E-state index is 13.0. The van der Waals surface area contributed by atoms with Crippen LogP contribution in [0.2, 0.25) is 0 Å². The summed E-state index contributed by atoms with van der Waals surface area (Å²) < 4.78 is 42.3. The average molecular weight is 419 g/mol. The van der Waals surface area contributed by atoms with Crippen LogP contribution < -0.4 is 5.32 Å². The molecule has 0 fully saturated rings. The zero-order valence-electron chi connectivity index (χ0n) is 16.4. The van der Waals surface area contributed by atoms with E-state index in [1.165, 1.54) is 12.4 Å². The molecule has 4 rings (SSSR count). The highest BCUT2D eigenvalue weighted by Crippen LogP contribution is 2.32. The summed E-state index contributed by atoms with van der Waals surface area (Å²) in [5.41, 5.74) is 0.490. The summed E-state index contributed by atoms with van der Waals surface area (Å²) in [5.74, 6) is -0.330. The fourth-order valence-electron chi connectivity index (χ4n) is 3.37. The quantitative estimate of drug-likeness (QED) is 0.700. The van der Waals surface area contributed by atoms with E-state index in [0.717, 1.165) is 24.4 Å². The lowest BCUT2D eigenvalue weighted by atomic mass is 10.0. The van der Waals surface area contributed by atoms with E-state index in [1.807, 2.05) is 13.8 Å². The summed E-state index contributed by atoms with van der Waals surface area (Å²) in [6.45, 7) is 4.49. The van der Waals surface area contributed by atoms with Crippen molar-refractivity contribution in [2.45, 2.75) is 51.5 Å². The van der Waals surface area contributed by atoms with Crippen LogP contribution in [-0.2, 0) is 12.7 Å². The smallest absolute Gasteiger partial charge is 0.341 e. The van der Waals surface area contributed by atoms with Crippen LogP contribution >= 0.6 is 0 Å². The lowest BCUT2D eigenvalue weighted by Gasteiger charge is -2.23. The molecule has 0 saturated carbocycles. The molecule has 1 N–H and O–H groups in total. The van der Waals surface area contributed by atoms with E-state index in [9.17, 15) is 18.0 Å². The van der Waals surface area contributed by atoms with Gasteiger partial charge in [-0.3, -0.25) is 14.5 Å². The van der Waals surface area contributed by atoms with Crippen LogP contribution in [0.3, 0.4) is 0 Å². The van der Waals surface area contributed by atoms with Crippen LogP contribution in [0.4, 0.5) is 13.2 Å². The van der Waals surface area contributed by atoms with Crippen molar-refractivity contribution in [2.75, 3.05) is 0 Å². The molecule has 0 bridgehead atoms. The van der Waals surface area contributed by atoms with Crippen LogP contribution in [0, 0.1) is 0 Å². The minimum Gasteiger partial charge on any atom is -0.341 e. The zero-order valence-corrected chi connectivity index (χ0v) is 16.4. The fraction of sp³-hybridized carbons (Fsp3) is 0.421. The number of amides is 1. The lowest BCUT2D eigenvalue weighted by molar-refractivity contribution is -0.141. The van der Waals surface area contributed by atoms with E-state index in [2.05, 4.69) is 25.5 Å². The molecule has 1 atom stereocenters. The molecule has 8 nitrogen and oxygen atoms in total. The predicted octanol–water partition coefficient (Wildman–Crippen LogP) is 3.40. The number of nitrogens with zero attached hydrogens (tertiary/aromatic N) is 6. The normalized spacial score (nSPS) is 16.5. The van der Waals surface area contributed by atoms with Crippen LogP contribution in [-0.4, -0.2) is 35.4 Å². The third kappa shape index (κ3) is 3.91. The molecule has 1 aliphatic rings. The molecule has 30 heavy (non-hydrogen) atoms. The number of rotatable bonds is 4. The summed E-state index contributed by atoms with van der Waals surface area (Å²) in [6.07, 6.45) is -0.446. The predicted molar refractivity (Wildman–Crippen MR) is 100 cm³/mol. The van der Waals surface area contributed by atoms with Gasteiger partial charge in [-0.1, -0.05) is 0 Å². The molecule has 4 heterocycles. The van der Waals surface area contributed by atoms with Crippen molar-refractivity contribution in [3.05, 3.63) is 47.9 Å². The van der Waals surface area contributed by atoms with Crippen molar-refractivity contribution in [3.8, 4) is 11.3 Å². The van der Waals surface area contributed by atoms with E-state index < -0.39 is 17.8 Å². The first-order valence-corrected chi connectivity index (χ1v) is 9.56. The Balaban J connectivity index is 1.58. The van der Waals surface area contributed by atoms with Crippen LogP contribution in [0.1, 0.15) is 60.8 Å². The second-order valence-corrected chi connectivity index (χ2v) is 7.42. The molecule has 0 spiro atoms. The maximum atomic E-state index is 13.0. The summed E-state index contributed by atoms with van der Waals surface area (Å²) in [6, 6.07) is 3.92. The molecule has 11 heteroatoms. The van der Waals surface area contributed by atoms with Crippen molar-refractivity contribution >= 4 is 5.91 Å². The molecule has 158 valence electrons. The molecule has 0 saturated heterocycles. The van der Waals surface area contributed by atoms with Crippen molar-refractivity contribution in [1.82, 2.24) is 34.8 Å². The summed E-state index contributed by atoms with van der Waals surface area (Å²) in [4.78, 5) is 20.0. The lowest BCUT2D eigenvalue weighted by Crippen LogP contribution is -2.33. The van der Waals surface area contributed by atoms with Gasteiger partial charge in [-0.25, -0.2) is 9.67 Å². The van der Waals surface area contributed by atoms with Gasteiger partial charge < -0.3 is 5.32 Å². The SMILES string of the molecule is CC(C)n1cnc(C(=O)N[C@H]2CCCn3nc(-c4ccnc(C(F)(F)F)c4)cc32)n1. The van der Waals surface area contributed by atoms with Gasteiger partial charge >= 0.3 is 6.18 Å². The van der Waals surface area contributed by atoms with Gasteiger partial charge in [0.2, 0.25) is 5.82 Å². The topological polar surface area (TPSA) is 90.5 Å². The number of halogens is 3. The highest BCUT2D eigenvalue weighted by Gasteiger charge is 2.33. The van der Waals surface area contributed by atoms with Gasteiger partial charge in [0.1, 0.15) is 12.0 Å². The summed E-state index contributed by atoms with van der Waals surface area (Å²) in [7, 11) is 0. The molecular formula is C19H20F3N7O. The standard InChI is InChI=1S/C19H20F3N7O/c1-11(2)29-10-24-17(27-29)18(30)25-13-4-3-7-28-15(13)9-14(26-28)12-5-6-23-16(8-12)19(20,21)22/h5-6,8-11,13H,3-4,7H2,1-2H3,(H,25,30)/t13-/m0/s1. The Kier molecular flexibility index (Phi) is 5.04. The van der Waals surface area contributed by atoms with E-state index >= 15 is 0 Å². The number of aromatic nitrogens is 6. The minimum absolute atomic E-state index is 0.0736. The number of hydrogen-bond donors (Lipinski definition) is 1. The number of carbonyl (C=O) groups excluding carboxylic acids is 1. The summed E-state index contributed by atoms with van der Waals surface area (Å²) in [5, 5.41) is 11.5. The highest BCUT2D eigenvalue weighted by molar-refractivity contribution is 5.90. The number of alkyl halides is 3. The molecule has 0 aromatic carbocycles. The summed E-state index contributed by atoms with van der Waals surface area (Å²) >= 11 is 0. The van der Waals surface area contributed by atoms with Crippen LogP contribution in [0.15, 0.2) is 30.7 Å². The molecule has 1 aliphatic heterocycles. The number of fused-ring (bicyclic) bond motifs is 1. The molecular weight excluding hydrogens is 399 g/mol. The zero-order chi connectivity index (χ0) is 21.5. The number of carbonyl (C=O) groups is 1. The van der Waals surface area contributed by atoms with E-state index in [1.54, 1.807) is 15.4 Å². The Morgan fingerprint density at radius 1 is 1.23 bits per heavy atom. The van der Waals surface area contributed by atoms with E-state index in [0.29, 0.717) is 24.2 Å². The Bertz CT molecular complexity index is 1070. The maximum Gasteiger partial charge on any atom is 0.433 e. The Morgan fingerprint density at radius 3 is 2.73 bits per heavy atom. The molecule has 0 radical (unpaired) electrons. The highest BCUT2D eigenvalue weighted by atomic mass is 19.4. The number of hydrogen-bond acceptors (Lipinski definition) is 5. The van der Waals surface area contributed by atoms with Crippen molar-refractivity contribution in [2.24, 2.45) is 0 Å². The first-order chi connectivity index (χ1) is 14.2. The molecule has 1 amide bonds. The van der Waals surface area contributed by atoms with Crippen molar-refractivity contribution < 1.29 is 18.0 Å². The molecule has 3 aromatic rings. The van der Waals surface area contributed by atoms with E-state index in [-0.39, 0.29) is 17.9 Å². The van der Waals surface area contributed by atoms with Gasteiger partial charge in [0.05, 0.1) is 17.4 Å². The minimum atomic E-state index is -4.53. The fourth-order valence-corrected chi connectivity index (χ4v) is 3.37. The van der Waals surface area contributed by atoms with Crippen molar-refractivity contribution in [3.63, 3.8) is 0 Å². The number of aryl methyl sites for hydroxylation is 1. The second kappa shape index (κ2) is 7.54. The Hall–Kier alpha value is -3.24. The molecule has 0 unspecified atom stereocenters. The van der Waals surface area contributed by atoms with Gasteiger partial charge in [0.15, 0.2) is 0 Å². The number of pyridine rings is 1. The van der Waals surface area contributed by atoms with E-state index in [4.69, 9.17) is 0 Å². The average Bonchev–Trinajstić information content (AvgIpc) is 3.35. The van der Waals surface area contributed by atoms with Crippen molar-refractivity contribution in [1.29, 1.82) is 0 Å². The number of nitrogens with one attached hydrogen (secondary N) is 1. The first kappa shape index (κ1) is 20.0. The third-order valence-corrected chi connectivity index (χ3v) is 4.92. The Labute approximate surface area is 170 Å². The van der Waals surface area contributed by atoms with Gasteiger partial charge in [-0.2, -0.15) is 18.3 Å². The Morgan fingerprint density at radius 2 is 2.03 bits per heavy atom. The van der Waals surface area contributed by atoms with Gasteiger partial charge in [-0.05, 0) is 44.9 Å². The second-order valence-electron chi connectivity index (χ2n) is 7.42. The van der Waals surface area contributed by atoms with Crippen LogP contribution in [0.25, 0.3) is 11.3 Å². The van der Waals surface area contributed by atoms with Gasteiger partial charge in [0, 0.05) is 24.3 Å². The first-order valence-electron chi connectivity index (χ1n) is 9.56. The van der Waals surface area contributed by atoms with Gasteiger partial charge in [0.25, 0.3) is 5.91 Å². The molecule has 0 aliphatic carbocycles.